The van der Waals surface area contributed by atoms with Crippen LogP contribution in [0, 0.1) is 0 Å². The van der Waals surface area contributed by atoms with E-state index in [9.17, 15) is 0 Å². The van der Waals surface area contributed by atoms with Gasteiger partial charge in [0.2, 0.25) is 0 Å². The first-order valence-corrected chi connectivity index (χ1v) is 4.80. The molecule has 13 heavy (non-hydrogen) atoms. The molecule has 0 fully saturated rings. The van der Waals surface area contributed by atoms with Crippen LogP contribution >= 0.6 is 0 Å². The van der Waals surface area contributed by atoms with Crippen molar-refractivity contribution in [2.45, 2.75) is 18.9 Å². The third-order valence-corrected chi connectivity index (χ3v) is 2.93. The van der Waals surface area contributed by atoms with Crippen molar-refractivity contribution in [2.75, 3.05) is 13.1 Å². The summed E-state index contributed by atoms with van der Waals surface area (Å²) in [6, 6.07) is 8.55. The van der Waals surface area contributed by atoms with Crippen LogP contribution in [0.2, 0.25) is 0 Å². The molecule has 1 aliphatic rings. The van der Waals surface area contributed by atoms with E-state index in [1.54, 1.807) is 0 Å². The Kier molecular flexibility index (Phi) is 2.10. The molecule has 3 N–H and O–H groups in total. The third kappa shape index (κ3) is 1.36. The highest BCUT2D eigenvalue weighted by Gasteiger charge is 2.29. The number of fused-ring (bicyclic) bond motifs is 1. The van der Waals surface area contributed by atoms with E-state index in [0.717, 1.165) is 13.0 Å². The van der Waals surface area contributed by atoms with Crippen molar-refractivity contribution in [3.05, 3.63) is 35.4 Å². The van der Waals surface area contributed by atoms with Gasteiger partial charge < -0.3 is 11.1 Å². The summed E-state index contributed by atoms with van der Waals surface area (Å²) in [6.45, 7) is 3.86. The van der Waals surface area contributed by atoms with Gasteiger partial charge in [0.05, 0.1) is 5.54 Å². The van der Waals surface area contributed by atoms with Crippen LogP contribution in [0.25, 0.3) is 0 Å². The van der Waals surface area contributed by atoms with Crippen molar-refractivity contribution >= 4 is 0 Å². The van der Waals surface area contributed by atoms with E-state index in [1.165, 1.54) is 11.1 Å². The zero-order chi connectivity index (χ0) is 9.31. The van der Waals surface area contributed by atoms with Crippen molar-refractivity contribution in [3.63, 3.8) is 0 Å². The molecule has 0 bridgehead atoms. The van der Waals surface area contributed by atoms with Crippen LogP contribution in [0.4, 0.5) is 0 Å². The van der Waals surface area contributed by atoms with E-state index in [0.29, 0.717) is 6.54 Å². The summed E-state index contributed by atoms with van der Waals surface area (Å²) in [5, 5.41) is 3.48. The van der Waals surface area contributed by atoms with Crippen LogP contribution < -0.4 is 11.1 Å². The minimum atomic E-state index is -0.0190. The quantitative estimate of drug-likeness (QED) is 0.670. The molecule has 70 valence electrons. The van der Waals surface area contributed by atoms with E-state index < -0.39 is 0 Å². The zero-order valence-electron chi connectivity index (χ0n) is 8.01. The van der Waals surface area contributed by atoms with Crippen LogP contribution in [0.15, 0.2) is 24.3 Å². The molecule has 1 aromatic rings. The number of nitrogens with one attached hydrogen (secondary N) is 1. The highest BCUT2D eigenvalue weighted by molar-refractivity contribution is 5.36. The molecule has 0 spiro atoms. The molecular weight excluding hydrogens is 160 g/mol. The second-order valence-corrected chi connectivity index (χ2v) is 3.87. The fourth-order valence-electron chi connectivity index (χ4n) is 2.03. The Morgan fingerprint density at radius 2 is 2.23 bits per heavy atom. The largest absolute Gasteiger partial charge is 0.328 e. The Bertz CT molecular complexity index is 309. The maximum Gasteiger partial charge on any atom is 0.0533 e. The molecule has 1 unspecified atom stereocenters. The van der Waals surface area contributed by atoms with Gasteiger partial charge in [-0.2, -0.15) is 0 Å². The van der Waals surface area contributed by atoms with Crippen molar-refractivity contribution < 1.29 is 0 Å². The number of hydrogen-bond acceptors (Lipinski definition) is 2. The molecule has 1 aliphatic heterocycles. The number of nitrogens with two attached hydrogens (primary N) is 1. The van der Waals surface area contributed by atoms with Gasteiger partial charge >= 0.3 is 0 Å². The van der Waals surface area contributed by atoms with E-state index >= 15 is 0 Å². The lowest BCUT2D eigenvalue weighted by Gasteiger charge is -2.36. The van der Waals surface area contributed by atoms with Crippen LogP contribution in [0.5, 0.6) is 0 Å². The predicted octanol–water partition coefficient (Wildman–Crippen LogP) is 1.01. The molecule has 2 rings (SSSR count). The van der Waals surface area contributed by atoms with Crippen LogP contribution in [-0.4, -0.2) is 13.1 Å². The second-order valence-electron chi connectivity index (χ2n) is 3.87. The topological polar surface area (TPSA) is 38.0 Å². The lowest BCUT2D eigenvalue weighted by Crippen LogP contribution is -2.49. The van der Waals surface area contributed by atoms with Crippen LogP contribution in [0.1, 0.15) is 18.1 Å². The molecule has 1 heterocycles. The molecule has 0 radical (unpaired) electrons. The molecule has 1 atom stereocenters. The van der Waals surface area contributed by atoms with Gasteiger partial charge in [0.25, 0.3) is 0 Å². The highest BCUT2D eigenvalue weighted by atomic mass is 15.0. The summed E-state index contributed by atoms with van der Waals surface area (Å²) in [4.78, 5) is 0. The fraction of sp³-hybridized carbons (Fsp3) is 0.455. The summed E-state index contributed by atoms with van der Waals surface area (Å²) in [6.07, 6.45) is 1.12. The average Bonchev–Trinajstić information content (AvgIpc) is 2.19. The molecule has 0 saturated carbocycles. The Labute approximate surface area is 79.1 Å². The van der Waals surface area contributed by atoms with Gasteiger partial charge in [-0.05, 0) is 24.5 Å². The van der Waals surface area contributed by atoms with Gasteiger partial charge in [-0.3, -0.25) is 0 Å². The van der Waals surface area contributed by atoms with Crippen molar-refractivity contribution in [1.82, 2.24) is 5.32 Å². The van der Waals surface area contributed by atoms with Gasteiger partial charge in [0, 0.05) is 13.1 Å². The molecule has 0 aromatic heterocycles. The van der Waals surface area contributed by atoms with Crippen LogP contribution in [0.3, 0.4) is 0 Å². The first-order chi connectivity index (χ1) is 6.26. The van der Waals surface area contributed by atoms with Crippen LogP contribution in [-0.2, 0) is 12.0 Å². The number of rotatable bonds is 1. The molecule has 0 amide bonds. The van der Waals surface area contributed by atoms with Gasteiger partial charge in [-0.25, -0.2) is 0 Å². The van der Waals surface area contributed by atoms with E-state index in [1.807, 2.05) is 0 Å². The summed E-state index contributed by atoms with van der Waals surface area (Å²) in [5.74, 6) is 0. The Balaban J connectivity index is 2.48. The molecular formula is C11H16N2. The minimum absolute atomic E-state index is 0.0190. The predicted molar refractivity (Wildman–Crippen MR) is 54.6 cm³/mol. The lowest BCUT2D eigenvalue weighted by atomic mass is 9.84. The van der Waals surface area contributed by atoms with Crippen molar-refractivity contribution in [2.24, 2.45) is 5.73 Å². The normalized spacial score (nSPS) is 26.9. The molecule has 1 aromatic carbocycles. The Morgan fingerprint density at radius 3 is 3.00 bits per heavy atom. The fourth-order valence-corrected chi connectivity index (χ4v) is 2.03. The Hall–Kier alpha value is -0.860. The van der Waals surface area contributed by atoms with E-state index in [2.05, 4.69) is 36.5 Å². The smallest absolute Gasteiger partial charge is 0.0533 e. The first kappa shape index (κ1) is 8.73. The second kappa shape index (κ2) is 3.13. The standard InChI is InChI=1S/C11H16N2/c1-11(8-12)10-5-3-2-4-9(10)6-7-13-11/h2-5,13H,6-8,12H2,1H3. The molecule has 0 saturated heterocycles. The monoisotopic (exact) mass is 176 g/mol. The van der Waals surface area contributed by atoms with Gasteiger partial charge in [0.1, 0.15) is 0 Å². The number of hydrogen-bond donors (Lipinski definition) is 2. The third-order valence-electron chi connectivity index (χ3n) is 2.93. The average molecular weight is 176 g/mol. The van der Waals surface area contributed by atoms with Crippen molar-refractivity contribution in [3.8, 4) is 0 Å². The highest BCUT2D eigenvalue weighted by Crippen LogP contribution is 2.26. The molecule has 2 heteroatoms. The minimum Gasteiger partial charge on any atom is -0.328 e. The van der Waals surface area contributed by atoms with E-state index in [-0.39, 0.29) is 5.54 Å². The van der Waals surface area contributed by atoms with Gasteiger partial charge in [0.15, 0.2) is 0 Å². The van der Waals surface area contributed by atoms with E-state index in [4.69, 9.17) is 5.73 Å². The van der Waals surface area contributed by atoms with Crippen molar-refractivity contribution in [1.29, 1.82) is 0 Å². The van der Waals surface area contributed by atoms with Gasteiger partial charge in [-0.15, -0.1) is 0 Å². The summed E-state index contributed by atoms with van der Waals surface area (Å²) < 4.78 is 0. The summed E-state index contributed by atoms with van der Waals surface area (Å²) in [5.41, 5.74) is 8.57. The lowest BCUT2D eigenvalue weighted by molar-refractivity contribution is 0.357. The maximum atomic E-state index is 5.79. The van der Waals surface area contributed by atoms with Gasteiger partial charge in [-0.1, -0.05) is 24.3 Å². The summed E-state index contributed by atoms with van der Waals surface area (Å²) in [7, 11) is 0. The summed E-state index contributed by atoms with van der Waals surface area (Å²) >= 11 is 0. The first-order valence-electron chi connectivity index (χ1n) is 4.80. The molecule has 0 aliphatic carbocycles. The Morgan fingerprint density at radius 1 is 1.46 bits per heavy atom. The zero-order valence-corrected chi connectivity index (χ0v) is 8.01. The SMILES string of the molecule is CC1(CN)NCCc2ccccc21. The number of benzene rings is 1. The maximum absolute atomic E-state index is 5.79. The molecule has 2 nitrogen and oxygen atoms in total.